The van der Waals surface area contributed by atoms with Crippen molar-refractivity contribution in [3.05, 3.63) is 53.1 Å². The molecule has 0 aliphatic carbocycles. The highest BCUT2D eigenvalue weighted by molar-refractivity contribution is 5.97. The van der Waals surface area contributed by atoms with Crippen LogP contribution in [0.15, 0.2) is 30.5 Å². The van der Waals surface area contributed by atoms with E-state index in [2.05, 4.69) is 10.3 Å². The fraction of sp³-hybridized carbons (Fsp3) is 0.350. The molecule has 0 spiro atoms. The molecule has 1 aromatic carbocycles. The van der Waals surface area contributed by atoms with Gasteiger partial charge >= 0.3 is 6.18 Å². The normalized spacial score (nSPS) is 21.0. The number of carbonyl (C=O) groups is 2. The van der Waals surface area contributed by atoms with Gasteiger partial charge in [-0.05, 0) is 31.5 Å². The van der Waals surface area contributed by atoms with E-state index in [-0.39, 0.29) is 28.3 Å². The topological polar surface area (TPSA) is 104 Å². The molecule has 1 aliphatic rings. The number of methoxy groups -OCH3 is 1. The maximum atomic E-state index is 13.9. The Bertz CT molecular complexity index is 1010. The highest BCUT2D eigenvalue weighted by Gasteiger charge is 2.52. The van der Waals surface area contributed by atoms with Gasteiger partial charge in [-0.1, -0.05) is 6.07 Å². The predicted molar refractivity (Wildman–Crippen MR) is 101 cm³/mol. The predicted octanol–water partition coefficient (Wildman–Crippen LogP) is 3.08. The van der Waals surface area contributed by atoms with Gasteiger partial charge in [-0.15, -0.1) is 0 Å². The average molecular weight is 441 g/mol. The van der Waals surface area contributed by atoms with Crippen LogP contribution >= 0.6 is 0 Å². The van der Waals surface area contributed by atoms with Crippen LogP contribution in [-0.4, -0.2) is 42.3 Å². The molecule has 0 bridgehead atoms. The Labute approximate surface area is 174 Å². The molecule has 1 saturated heterocycles. The van der Waals surface area contributed by atoms with Crippen molar-refractivity contribution in [3.8, 4) is 5.75 Å². The number of halogens is 4. The number of hydrogen-bond acceptors (Lipinski definition) is 5. The maximum absolute atomic E-state index is 13.9. The number of nitrogens with zero attached hydrogens (tertiary/aromatic N) is 1. The summed E-state index contributed by atoms with van der Waals surface area (Å²) in [6.45, 7) is 1.42. The molecule has 2 amide bonds. The van der Waals surface area contributed by atoms with Gasteiger partial charge in [-0.3, -0.25) is 14.6 Å². The number of benzene rings is 1. The number of carbonyl (C=O) groups excluding carboxylic acids is 2. The Morgan fingerprint density at radius 3 is 2.61 bits per heavy atom. The van der Waals surface area contributed by atoms with Gasteiger partial charge < -0.3 is 20.5 Å². The molecule has 3 N–H and O–H groups in total. The SMILES string of the molecule is COc1c([C@@H]2C[C@H](C(F)(F)F)O[C@@H]2C(=O)Nc2ccnc(C(N)=O)c2)ccc(F)c1C. The first-order valence-corrected chi connectivity index (χ1v) is 9.14. The molecule has 3 atom stereocenters. The van der Waals surface area contributed by atoms with Crippen molar-refractivity contribution in [1.82, 2.24) is 4.98 Å². The molecule has 0 radical (unpaired) electrons. The lowest BCUT2D eigenvalue weighted by Crippen LogP contribution is -2.34. The van der Waals surface area contributed by atoms with E-state index in [0.717, 1.165) is 6.07 Å². The van der Waals surface area contributed by atoms with Crippen LogP contribution in [0.4, 0.5) is 23.2 Å². The molecule has 0 unspecified atom stereocenters. The minimum absolute atomic E-state index is 0.0501. The van der Waals surface area contributed by atoms with E-state index < -0.39 is 48.4 Å². The van der Waals surface area contributed by atoms with Gasteiger partial charge in [0, 0.05) is 28.9 Å². The Morgan fingerprint density at radius 2 is 2.00 bits per heavy atom. The molecule has 11 heteroatoms. The molecule has 166 valence electrons. The maximum Gasteiger partial charge on any atom is 0.414 e. The van der Waals surface area contributed by atoms with E-state index in [1.165, 1.54) is 38.4 Å². The second-order valence-corrected chi connectivity index (χ2v) is 7.01. The molecule has 1 fully saturated rings. The van der Waals surface area contributed by atoms with Crippen molar-refractivity contribution >= 4 is 17.5 Å². The molecule has 1 aliphatic heterocycles. The number of rotatable bonds is 5. The van der Waals surface area contributed by atoms with Gasteiger partial charge in [0.1, 0.15) is 23.4 Å². The summed E-state index contributed by atoms with van der Waals surface area (Å²) in [7, 11) is 1.26. The number of ether oxygens (including phenoxy) is 2. The minimum atomic E-state index is -4.70. The Balaban J connectivity index is 1.96. The zero-order valence-electron chi connectivity index (χ0n) is 16.5. The first kappa shape index (κ1) is 22.5. The van der Waals surface area contributed by atoms with Crippen molar-refractivity contribution in [2.75, 3.05) is 12.4 Å². The van der Waals surface area contributed by atoms with E-state index in [0.29, 0.717) is 0 Å². The first-order valence-electron chi connectivity index (χ1n) is 9.14. The summed E-state index contributed by atoms with van der Waals surface area (Å²) in [4.78, 5) is 27.9. The summed E-state index contributed by atoms with van der Waals surface area (Å²) in [5.74, 6) is -3.31. The second-order valence-electron chi connectivity index (χ2n) is 7.01. The number of primary amides is 1. The van der Waals surface area contributed by atoms with Crippen molar-refractivity contribution < 1.29 is 36.6 Å². The van der Waals surface area contributed by atoms with Crippen LogP contribution in [0.1, 0.15) is 34.0 Å². The summed E-state index contributed by atoms with van der Waals surface area (Å²) < 4.78 is 64.3. The quantitative estimate of drug-likeness (QED) is 0.695. The average Bonchev–Trinajstić information content (AvgIpc) is 3.16. The fourth-order valence-corrected chi connectivity index (χ4v) is 3.53. The van der Waals surface area contributed by atoms with Crippen LogP contribution in [0.5, 0.6) is 5.75 Å². The van der Waals surface area contributed by atoms with Crippen molar-refractivity contribution in [3.63, 3.8) is 0 Å². The highest BCUT2D eigenvalue weighted by atomic mass is 19.4. The molecule has 0 saturated carbocycles. The van der Waals surface area contributed by atoms with Gasteiger partial charge in [0.2, 0.25) is 0 Å². The van der Waals surface area contributed by atoms with E-state index >= 15 is 0 Å². The number of amides is 2. The first-order chi connectivity index (χ1) is 14.5. The van der Waals surface area contributed by atoms with Crippen LogP contribution in [0, 0.1) is 12.7 Å². The van der Waals surface area contributed by atoms with Gasteiger partial charge in [0.15, 0.2) is 6.10 Å². The molecule has 31 heavy (non-hydrogen) atoms. The van der Waals surface area contributed by atoms with Gasteiger partial charge in [-0.2, -0.15) is 13.2 Å². The standard InChI is InChI=1S/C20H19F4N3O4/c1-9-13(21)4-3-11(16(9)30-2)12-8-15(20(22,23)24)31-17(12)19(29)27-10-5-6-26-14(7-10)18(25)28/h3-7,12,15,17H,8H2,1-2H3,(H2,25,28)(H,26,27,29)/t12-,15+,17-/m0/s1. The lowest BCUT2D eigenvalue weighted by Gasteiger charge is -2.21. The van der Waals surface area contributed by atoms with Crippen LogP contribution in [-0.2, 0) is 9.53 Å². The molecule has 7 nitrogen and oxygen atoms in total. The third kappa shape index (κ3) is 4.61. The van der Waals surface area contributed by atoms with E-state index in [9.17, 15) is 27.2 Å². The van der Waals surface area contributed by atoms with E-state index in [4.69, 9.17) is 15.2 Å². The molecule has 3 rings (SSSR count). The largest absolute Gasteiger partial charge is 0.496 e. The lowest BCUT2D eigenvalue weighted by molar-refractivity contribution is -0.213. The number of alkyl halides is 3. The summed E-state index contributed by atoms with van der Waals surface area (Å²) >= 11 is 0. The number of nitrogens with one attached hydrogen (secondary N) is 1. The molecular formula is C20H19F4N3O4. The summed E-state index contributed by atoms with van der Waals surface area (Å²) in [5.41, 5.74) is 5.45. The van der Waals surface area contributed by atoms with E-state index in [1.54, 1.807) is 0 Å². The lowest BCUT2D eigenvalue weighted by atomic mass is 9.88. The van der Waals surface area contributed by atoms with Crippen molar-refractivity contribution in [2.24, 2.45) is 5.73 Å². The smallest absolute Gasteiger partial charge is 0.414 e. The van der Waals surface area contributed by atoms with Gasteiger partial charge in [0.05, 0.1) is 7.11 Å². The number of hydrogen-bond donors (Lipinski definition) is 2. The molecule has 2 aromatic rings. The van der Waals surface area contributed by atoms with Crippen LogP contribution in [0.3, 0.4) is 0 Å². The summed E-state index contributed by atoms with van der Waals surface area (Å²) in [6.07, 6.45) is -7.78. The summed E-state index contributed by atoms with van der Waals surface area (Å²) in [5, 5.41) is 2.42. The van der Waals surface area contributed by atoms with Gasteiger partial charge in [-0.25, -0.2) is 4.39 Å². The zero-order chi connectivity index (χ0) is 22.9. The number of nitrogens with two attached hydrogens (primary N) is 1. The number of anilines is 1. The van der Waals surface area contributed by atoms with Crippen molar-refractivity contribution in [2.45, 2.75) is 37.6 Å². The van der Waals surface area contributed by atoms with Crippen LogP contribution < -0.4 is 15.8 Å². The van der Waals surface area contributed by atoms with Crippen LogP contribution in [0.25, 0.3) is 0 Å². The summed E-state index contributed by atoms with van der Waals surface area (Å²) in [6, 6.07) is 4.92. The third-order valence-electron chi connectivity index (χ3n) is 5.02. The van der Waals surface area contributed by atoms with Gasteiger partial charge in [0.25, 0.3) is 11.8 Å². The molecular weight excluding hydrogens is 422 g/mol. The second kappa shape index (κ2) is 8.50. The monoisotopic (exact) mass is 441 g/mol. The fourth-order valence-electron chi connectivity index (χ4n) is 3.53. The zero-order valence-corrected chi connectivity index (χ0v) is 16.5. The highest BCUT2D eigenvalue weighted by Crippen LogP contribution is 2.45. The Morgan fingerprint density at radius 1 is 1.29 bits per heavy atom. The number of aromatic nitrogens is 1. The Hall–Kier alpha value is -3.21. The molecule has 1 aromatic heterocycles. The Kier molecular flexibility index (Phi) is 6.16. The third-order valence-corrected chi connectivity index (χ3v) is 5.02. The van der Waals surface area contributed by atoms with Crippen molar-refractivity contribution in [1.29, 1.82) is 0 Å². The van der Waals surface area contributed by atoms with Crippen LogP contribution in [0.2, 0.25) is 0 Å². The number of pyridine rings is 1. The molecule has 2 heterocycles. The van der Waals surface area contributed by atoms with E-state index in [1.807, 2.05) is 0 Å². The minimum Gasteiger partial charge on any atom is -0.496 e.